The molecule has 0 amide bonds. The van der Waals surface area contributed by atoms with E-state index in [1.807, 2.05) is 176 Å². The highest BCUT2D eigenvalue weighted by atomic mass is 32.2. The molecule has 25 heteroatoms. The standard InChI is InChI=1S/C20H27N5.C19H19N5S.C18H20N4O.C17H21N5.C16H18N4/c1-24(2)17-6-4-14(5-7-17)8-15-9-18-19(12-22-20(18)21-10-15)16-11-23-25(3)13-16;1-23(2)14-5-4-6-15(7-14)25-16-8-17-18(11-21-19(17)20-10-16)13-9-22-24(3)12-13;1-22-11-14(9-21-22)17-10-20-18-16(17)7-13(8-19-18)6-12-2-4-15(23)5-3-12;1-22-11-14(9-21-22)16-10-20-17-15(16)7-13(8-19-17)6-12-2-4-18-5-3-12;1-20-10-13(8-19-20)15-9-18-16-14(15)6-12(7-17-16)5-11-3-2-4-11/h9-14,17H,4-8H2,1-3H3,(H,21,22);4-12H,1-3H3,(H,20,21);7-12H,2-6H2,1H3,(H,19,20);7-12,18H,2-6H2,1H3,(H,19,20);6-11H,2-5H2,1H3,(H,17,18). The number of aromatic nitrogens is 20. The topological polar surface area (TPSA) is 268 Å². The average Bonchev–Trinajstić information content (AvgIpc) is 1.68. The molecule has 4 fully saturated rings. The zero-order chi connectivity index (χ0) is 79.1. The fourth-order valence-corrected chi connectivity index (χ4v) is 17.7. The van der Waals surface area contributed by atoms with Gasteiger partial charge in [-0.25, -0.2) is 24.9 Å². The van der Waals surface area contributed by atoms with E-state index in [2.05, 4.69) is 179 Å². The summed E-state index contributed by atoms with van der Waals surface area (Å²) in [6.07, 6.45) is 59.6. The molecule has 1 aromatic carbocycles. The quantitative estimate of drug-likeness (QED) is 0.0495. The minimum absolute atomic E-state index is 0.416. The van der Waals surface area contributed by atoms with E-state index in [1.165, 1.54) is 130 Å². The largest absolute Gasteiger partial charge is 0.378 e. The molecule has 24 nitrogen and oxygen atoms in total. The minimum Gasteiger partial charge on any atom is -0.378 e. The van der Waals surface area contributed by atoms with E-state index in [9.17, 15) is 4.79 Å². The third-order valence-corrected chi connectivity index (χ3v) is 24.4. The summed E-state index contributed by atoms with van der Waals surface area (Å²) in [4.78, 5) is 57.4. The Hall–Kier alpha value is -11.5. The first kappa shape index (κ1) is 77.4. The minimum atomic E-state index is 0.416. The molecule has 0 radical (unpaired) electrons. The number of H-pyrrole nitrogens is 5. The highest BCUT2D eigenvalue weighted by molar-refractivity contribution is 7.99. The van der Waals surface area contributed by atoms with Crippen LogP contribution in [-0.2, 0) is 65.7 Å². The Labute approximate surface area is 674 Å². The van der Waals surface area contributed by atoms with Gasteiger partial charge in [0.1, 0.15) is 34.0 Å². The number of aryl methyl sites for hydroxylation is 5. The first-order chi connectivity index (χ1) is 56.0. The third kappa shape index (κ3) is 18.7. The van der Waals surface area contributed by atoms with Crippen LogP contribution in [0.15, 0.2) is 188 Å². The van der Waals surface area contributed by atoms with Gasteiger partial charge in [-0.3, -0.25) is 28.2 Å². The monoisotopic (exact) mass is 1560 g/mol. The number of piperidine rings is 1. The van der Waals surface area contributed by atoms with Gasteiger partial charge < -0.3 is 40.0 Å². The lowest BCUT2D eigenvalue weighted by atomic mass is 9.81. The summed E-state index contributed by atoms with van der Waals surface area (Å²) in [5, 5.41) is 30.6. The molecule has 6 N–H and O–H groups in total. The van der Waals surface area contributed by atoms with Gasteiger partial charge >= 0.3 is 0 Å². The molecule has 1 aliphatic heterocycles. The second kappa shape index (κ2) is 35.1. The van der Waals surface area contributed by atoms with Crippen molar-refractivity contribution in [1.82, 2.24) is 109 Å². The molecule has 16 aromatic rings. The molecule has 4 aliphatic rings. The Morgan fingerprint density at radius 2 is 0.722 bits per heavy atom. The van der Waals surface area contributed by atoms with Crippen LogP contribution in [0.25, 0.3) is 111 Å². The lowest BCUT2D eigenvalue weighted by molar-refractivity contribution is -0.121. The molecule has 115 heavy (non-hydrogen) atoms. The van der Waals surface area contributed by atoms with Gasteiger partial charge in [-0.2, -0.15) is 25.5 Å². The Morgan fingerprint density at radius 3 is 1.05 bits per heavy atom. The van der Waals surface area contributed by atoms with Gasteiger partial charge in [0.05, 0.1) is 31.0 Å². The fourth-order valence-electron chi connectivity index (χ4n) is 16.8. The van der Waals surface area contributed by atoms with Crippen LogP contribution in [0.5, 0.6) is 0 Å². The van der Waals surface area contributed by atoms with Crippen molar-refractivity contribution in [2.24, 2.45) is 58.9 Å². The molecule has 592 valence electrons. The Morgan fingerprint density at radius 1 is 0.383 bits per heavy atom. The SMILES string of the molecule is CN(C)C1CCC(Cc2cnc3[nH]cc(-c4cnn(C)c4)c3c2)CC1.CN(C)c1cccc(Sc2cnc3[nH]cc(-c4cnn(C)c4)c3c2)c1.Cn1cc(-c2c[nH]c3ncc(CC4CCC(=O)CC4)cc23)cn1.Cn1cc(-c2c[nH]c3ncc(CC4CCC4)cc23)cn1.Cn1cc(-c2c[nH]c3ncc(CC4CCNCC4)cc23)cn1. The summed E-state index contributed by atoms with van der Waals surface area (Å²) < 4.78 is 9.13. The number of ketones is 1. The van der Waals surface area contributed by atoms with E-state index in [1.54, 1.807) is 11.8 Å². The average molecular weight is 1560 g/mol. The van der Waals surface area contributed by atoms with Crippen molar-refractivity contribution in [1.29, 1.82) is 0 Å². The molecule has 3 saturated carbocycles. The summed E-state index contributed by atoms with van der Waals surface area (Å²) in [5.74, 6) is 3.46. The molecular formula is C90H105N23OS. The van der Waals surface area contributed by atoms with Crippen molar-refractivity contribution < 1.29 is 4.79 Å². The number of benzene rings is 1. The van der Waals surface area contributed by atoms with Crippen molar-refractivity contribution in [3.63, 3.8) is 0 Å². The maximum atomic E-state index is 11.4. The van der Waals surface area contributed by atoms with Gasteiger partial charge in [0, 0.05) is 259 Å². The van der Waals surface area contributed by atoms with Crippen LogP contribution in [0, 0.1) is 23.7 Å². The van der Waals surface area contributed by atoms with E-state index < -0.39 is 0 Å². The van der Waals surface area contributed by atoms with Gasteiger partial charge in [-0.1, -0.05) is 37.1 Å². The van der Waals surface area contributed by atoms with Crippen molar-refractivity contribution >= 4 is 78.4 Å². The van der Waals surface area contributed by atoms with Crippen molar-refractivity contribution in [2.75, 3.05) is 46.2 Å². The number of hydrogen-bond acceptors (Lipinski definition) is 15. The number of aromatic amines is 5. The number of Topliss-reactive ketones (excluding diaryl/α,β-unsaturated/α-hetero) is 1. The van der Waals surface area contributed by atoms with Crippen LogP contribution in [0.3, 0.4) is 0 Å². The van der Waals surface area contributed by atoms with E-state index in [4.69, 9.17) is 0 Å². The third-order valence-electron chi connectivity index (χ3n) is 23.5. The summed E-state index contributed by atoms with van der Waals surface area (Å²) >= 11 is 1.72. The smallest absolute Gasteiger partial charge is 0.137 e. The molecule has 3 aliphatic carbocycles. The first-order valence-electron chi connectivity index (χ1n) is 40.6. The summed E-state index contributed by atoms with van der Waals surface area (Å²) in [6, 6.07) is 20.6. The van der Waals surface area contributed by atoms with Gasteiger partial charge in [-0.15, -0.1) is 0 Å². The predicted octanol–water partition coefficient (Wildman–Crippen LogP) is 16.9. The second-order valence-corrected chi connectivity index (χ2v) is 33.6. The highest BCUT2D eigenvalue weighted by Gasteiger charge is 2.26. The normalized spacial score (nSPS) is 16.2. The summed E-state index contributed by atoms with van der Waals surface area (Å²) in [6.45, 7) is 2.29. The lowest BCUT2D eigenvalue weighted by Gasteiger charge is -2.32. The Bertz CT molecular complexity index is 5940. The van der Waals surface area contributed by atoms with Crippen molar-refractivity contribution in [2.45, 2.75) is 125 Å². The Kier molecular flexibility index (Phi) is 23.6. The second-order valence-electron chi connectivity index (χ2n) is 32.5. The predicted molar refractivity (Wildman–Crippen MR) is 461 cm³/mol. The number of hydrogen-bond donors (Lipinski definition) is 6. The van der Waals surface area contributed by atoms with Gasteiger partial charge in [0.2, 0.25) is 0 Å². The number of nitrogens with zero attached hydrogens (tertiary/aromatic N) is 17. The van der Waals surface area contributed by atoms with Crippen LogP contribution in [0.2, 0.25) is 0 Å². The number of nitrogens with one attached hydrogen (secondary N) is 6. The van der Waals surface area contributed by atoms with Crippen LogP contribution >= 0.6 is 11.8 Å². The van der Waals surface area contributed by atoms with Crippen molar-refractivity contribution in [3.05, 3.63) is 201 Å². The number of rotatable bonds is 17. The van der Waals surface area contributed by atoms with Gasteiger partial charge in [0.25, 0.3) is 0 Å². The number of carbonyl (C=O) groups excluding carboxylic acids is 1. The van der Waals surface area contributed by atoms with E-state index in [0.29, 0.717) is 11.7 Å². The van der Waals surface area contributed by atoms with Crippen LogP contribution in [0.1, 0.15) is 106 Å². The van der Waals surface area contributed by atoms with Gasteiger partial charge in [0.15, 0.2) is 0 Å². The maximum Gasteiger partial charge on any atom is 0.137 e. The van der Waals surface area contributed by atoms with Crippen molar-refractivity contribution in [3.8, 4) is 55.6 Å². The zero-order valence-electron chi connectivity index (χ0n) is 67.5. The maximum absolute atomic E-state index is 11.4. The van der Waals surface area contributed by atoms with Gasteiger partial charge in [-0.05, 0) is 199 Å². The number of anilines is 1. The van der Waals surface area contributed by atoms with E-state index >= 15 is 0 Å². The van der Waals surface area contributed by atoms with E-state index in [-0.39, 0.29) is 0 Å². The first-order valence-corrected chi connectivity index (χ1v) is 41.4. The summed E-state index contributed by atoms with van der Waals surface area (Å²) in [7, 11) is 18.2. The number of pyridine rings is 5. The van der Waals surface area contributed by atoms with Crippen LogP contribution < -0.4 is 10.2 Å². The molecule has 0 unspecified atom stereocenters. The molecule has 1 saturated heterocycles. The van der Waals surface area contributed by atoms with Crippen LogP contribution in [0.4, 0.5) is 5.69 Å². The highest BCUT2D eigenvalue weighted by Crippen LogP contribution is 2.39. The molecule has 0 spiro atoms. The molecule has 16 heterocycles. The number of carbonyl (C=O) groups is 1. The molecule has 0 atom stereocenters. The van der Waals surface area contributed by atoms with E-state index in [0.717, 1.165) is 165 Å². The summed E-state index contributed by atoms with van der Waals surface area (Å²) in [5.41, 5.74) is 22.6. The Balaban J connectivity index is 0.000000108. The molecule has 0 bridgehead atoms. The molecule has 20 rings (SSSR count). The fraction of sp³-hybridized carbons (Fsp3) is 0.367. The lowest BCUT2D eigenvalue weighted by Crippen LogP contribution is -2.32. The molecular weight excluding hydrogens is 1450 g/mol. The number of fused-ring (bicyclic) bond motifs is 5. The molecule has 15 aromatic heterocycles. The zero-order valence-corrected chi connectivity index (χ0v) is 68.3. The van der Waals surface area contributed by atoms with Crippen LogP contribution in [-0.4, -0.2) is 157 Å².